The molecule has 0 aliphatic carbocycles. The Kier molecular flexibility index (Phi) is 5.24. The van der Waals surface area contributed by atoms with Crippen LogP contribution in [0.4, 0.5) is 0 Å². The molecule has 0 unspecified atom stereocenters. The Morgan fingerprint density at radius 3 is 2.55 bits per heavy atom. The highest BCUT2D eigenvalue weighted by atomic mass is 32.2. The van der Waals surface area contributed by atoms with Gasteiger partial charge >= 0.3 is 5.97 Å². The second-order valence-electron chi connectivity index (χ2n) is 4.82. The van der Waals surface area contributed by atoms with Crippen molar-refractivity contribution in [2.75, 3.05) is 0 Å². The number of carboxylic acids is 1. The van der Waals surface area contributed by atoms with E-state index in [0.29, 0.717) is 6.42 Å². The van der Waals surface area contributed by atoms with Gasteiger partial charge in [0.25, 0.3) is 0 Å². The van der Waals surface area contributed by atoms with Crippen molar-refractivity contribution in [2.24, 2.45) is 0 Å². The molecule has 0 bridgehead atoms. The van der Waals surface area contributed by atoms with Crippen LogP contribution in [-0.2, 0) is 17.0 Å². The van der Waals surface area contributed by atoms with Gasteiger partial charge in [0.05, 0.1) is 0 Å². The van der Waals surface area contributed by atoms with E-state index < -0.39 is 5.97 Å². The molecule has 2 aromatic rings. The number of aliphatic carboxylic acids is 1. The molecule has 1 N–H and O–H groups in total. The molecule has 0 aliphatic rings. The van der Waals surface area contributed by atoms with Gasteiger partial charge in [0.15, 0.2) is 0 Å². The van der Waals surface area contributed by atoms with Gasteiger partial charge in [-0.15, -0.1) is 11.8 Å². The zero-order valence-corrected chi connectivity index (χ0v) is 12.3. The zero-order valence-electron chi connectivity index (χ0n) is 11.5. The standard InChI is InChI=1S/C17H18O2S/c1-13-9-15(7-8-17(18)19)11-16(10-13)20-12-14-5-3-2-4-6-14/h2-6,9-11H,7-8,12H2,1H3,(H,18,19). The quantitative estimate of drug-likeness (QED) is 0.804. The summed E-state index contributed by atoms with van der Waals surface area (Å²) in [5, 5.41) is 8.76. The number of benzene rings is 2. The average Bonchev–Trinajstić information content (AvgIpc) is 2.44. The van der Waals surface area contributed by atoms with E-state index in [2.05, 4.69) is 37.3 Å². The summed E-state index contributed by atoms with van der Waals surface area (Å²) in [4.78, 5) is 11.9. The van der Waals surface area contributed by atoms with Crippen LogP contribution >= 0.6 is 11.8 Å². The summed E-state index contributed by atoms with van der Waals surface area (Å²) in [6.07, 6.45) is 0.780. The summed E-state index contributed by atoms with van der Waals surface area (Å²) in [5.74, 6) is 0.188. The Morgan fingerprint density at radius 2 is 1.85 bits per heavy atom. The summed E-state index contributed by atoms with van der Waals surface area (Å²) in [6, 6.07) is 16.7. The molecular formula is C17H18O2S. The van der Waals surface area contributed by atoms with E-state index in [1.807, 2.05) is 18.2 Å². The second kappa shape index (κ2) is 7.15. The fourth-order valence-electron chi connectivity index (χ4n) is 2.04. The van der Waals surface area contributed by atoms with Crippen LogP contribution in [0, 0.1) is 6.92 Å². The summed E-state index contributed by atoms with van der Waals surface area (Å²) in [7, 11) is 0. The van der Waals surface area contributed by atoms with Gasteiger partial charge in [-0.2, -0.15) is 0 Å². The molecular weight excluding hydrogens is 268 g/mol. The molecule has 0 fully saturated rings. The first-order valence-corrected chi connectivity index (χ1v) is 7.61. The maximum Gasteiger partial charge on any atom is 0.303 e. The molecule has 0 spiro atoms. The first kappa shape index (κ1) is 14.7. The fourth-order valence-corrected chi connectivity index (χ4v) is 3.07. The van der Waals surface area contributed by atoms with E-state index >= 15 is 0 Å². The maximum atomic E-state index is 10.6. The third kappa shape index (κ3) is 4.74. The highest BCUT2D eigenvalue weighted by Gasteiger charge is 2.03. The summed E-state index contributed by atoms with van der Waals surface area (Å²) < 4.78 is 0. The van der Waals surface area contributed by atoms with Crippen molar-refractivity contribution >= 4 is 17.7 Å². The minimum absolute atomic E-state index is 0.187. The molecule has 2 nitrogen and oxygen atoms in total. The van der Waals surface area contributed by atoms with E-state index in [0.717, 1.165) is 11.3 Å². The van der Waals surface area contributed by atoms with Crippen LogP contribution in [0.25, 0.3) is 0 Å². The van der Waals surface area contributed by atoms with Crippen LogP contribution in [0.3, 0.4) is 0 Å². The molecule has 0 aromatic heterocycles. The van der Waals surface area contributed by atoms with Gasteiger partial charge in [-0.3, -0.25) is 4.79 Å². The fraction of sp³-hybridized carbons (Fsp3) is 0.235. The lowest BCUT2D eigenvalue weighted by Gasteiger charge is -2.07. The summed E-state index contributed by atoms with van der Waals surface area (Å²) in [5.41, 5.74) is 3.58. The SMILES string of the molecule is Cc1cc(CCC(=O)O)cc(SCc2ccccc2)c1. The molecule has 0 heterocycles. The lowest BCUT2D eigenvalue weighted by atomic mass is 10.1. The normalized spacial score (nSPS) is 10.4. The highest BCUT2D eigenvalue weighted by Crippen LogP contribution is 2.25. The summed E-state index contributed by atoms with van der Waals surface area (Å²) in [6.45, 7) is 2.05. The number of carbonyl (C=O) groups is 1. The molecule has 2 aromatic carbocycles. The molecule has 0 atom stereocenters. The van der Waals surface area contributed by atoms with E-state index in [-0.39, 0.29) is 6.42 Å². The van der Waals surface area contributed by atoms with Crippen molar-refractivity contribution in [3.63, 3.8) is 0 Å². The van der Waals surface area contributed by atoms with Gasteiger partial charge in [0, 0.05) is 17.1 Å². The largest absolute Gasteiger partial charge is 0.481 e. The molecule has 0 amide bonds. The Bertz CT molecular complexity index is 579. The van der Waals surface area contributed by atoms with Gasteiger partial charge in [-0.05, 0) is 42.2 Å². The Morgan fingerprint density at radius 1 is 1.10 bits per heavy atom. The van der Waals surface area contributed by atoms with Crippen LogP contribution in [0.15, 0.2) is 53.4 Å². The number of hydrogen-bond donors (Lipinski definition) is 1. The lowest BCUT2D eigenvalue weighted by Crippen LogP contribution is -1.98. The summed E-state index contributed by atoms with van der Waals surface area (Å²) >= 11 is 1.79. The first-order chi connectivity index (χ1) is 9.63. The number of carboxylic acid groups (broad SMARTS) is 1. The Balaban J connectivity index is 2.02. The Labute approximate surface area is 123 Å². The van der Waals surface area contributed by atoms with Gasteiger partial charge in [-0.25, -0.2) is 0 Å². The number of rotatable bonds is 6. The highest BCUT2D eigenvalue weighted by molar-refractivity contribution is 7.98. The third-order valence-electron chi connectivity index (χ3n) is 2.99. The molecule has 20 heavy (non-hydrogen) atoms. The van der Waals surface area contributed by atoms with Crippen molar-refractivity contribution in [1.29, 1.82) is 0 Å². The van der Waals surface area contributed by atoms with Gasteiger partial charge in [0.2, 0.25) is 0 Å². The molecule has 0 saturated carbocycles. The predicted molar refractivity (Wildman–Crippen MR) is 83.1 cm³/mol. The molecule has 3 heteroatoms. The third-order valence-corrected chi connectivity index (χ3v) is 4.03. The van der Waals surface area contributed by atoms with Gasteiger partial charge in [0.1, 0.15) is 0 Å². The predicted octanol–water partition coefficient (Wildman–Crippen LogP) is 4.30. The van der Waals surface area contributed by atoms with Crippen molar-refractivity contribution < 1.29 is 9.90 Å². The molecule has 0 saturated heterocycles. The number of aryl methyl sites for hydroxylation is 2. The molecule has 104 valence electrons. The van der Waals surface area contributed by atoms with E-state index in [1.54, 1.807) is 11.8 Å². The molecule has 0 radical (unpaired) electrons. The van der Waals surface area contributed by atoms with Crippen LogP contribution in [0.5, 0.6) is 0 Å². The van der Waals surface area contributed by atoms with Crippen molar-refractivity contribution in [3.8, 4) is 0 Å². The minimum Gasteiger partial charge on any atom is -0.481 e. The molecule has 2 rings (SSSR count). The van der Waals surface area contributed by atoms with Gasteiger partial charge in [-0.1, -0.05) is 36.4 Å². The van der Waals surface area contributed by atoms with Crippen molar-refractivity contribution in [1.82, 2.24) is 0 Å². The van der Waals surface area contributed by atoms with Crippen molar-refractivity contribution in [2.45, 2.75) is 30.4 Å². The van der Waals surface area contributed by atoms with Crippen LogP contribution in [0.1, 0.15) is 23.1 Å². The molecule has 0 aliphatic heterocycles. The van der Waals surface area contributed by atoms with Crippen LogP contribution < -0.4 is 0 Å². The number of thioether (sulfide) groups is 1. The van der Waals surface area contributed by atoms with E-state index in [4.69, 9.17) is 5.11 Å². The van der Waals surface area contributed by atoms with Crippen molar-refractivity contribution in [3.05, 3.63) is 65.2 Å². The maximum absolute atomic E-state index is 10.6. The smallest absolute Gasteiger partial charge is 0.303 e. The van der Waals surface area contributed by atoms with Crippen LogP contribution in [0.2, 0.25) is 0 Å². The monoisotopic (exact) mass is 286 g/mol. The topological polar surface area (TPSA) is 37.3 Å². The van der Waals surface area contributed by atoms with E-state index in [9.17, 15) is 4.79 Å². The zero-order chi connectivity index (χ0) is 14.4. The Hall–Kier alpha value is -1.74. The number of hydrogen-bond acceptors (Lipinski definition) is 2. The minimum atomic E-state index is -0.745. The van der Waals surface area contributed by atoms with E-state index in [1.165, 1.54) is 16.0 Å². The average molecular weight is 286 g/mol. The van der Waals surface area contributed by atoms with Crippen LogP contribution in [-0.4, -0.2) is 11.1 Å². The lowest BCUT2D eigenvalue weighted by molar-refractivity contribution is -0.136. The van der Waals surface area contributed by atoms with Gasteiger partial charge < -0.3 is 5.11 Å². The second-order valence-corrected chi connectivity index (χ2v) is 5.87. The first-order valence-electron chi connectivity index (χ1n) is 6.62.